The first-order chi connectivity index (χ1) is 9.37. The van der Waals surface area contributed by atoms with E-state index in [0.717, 1.165) is 17.9 Å². The first-order valence-electron chi connectivity index (χ1n) is 6.91. The lowest BCUT2D eigenvalue weighted by Crippen LogP contribution is -2.15. The summed E-state index contributed by atoms with van der Waals surface area (Å²) in [4.78, 5) is 0. The summed E-state index contributed by atoms with van der Waals surface area (Å²) < 4.78 is 24.8. The molecule has 0 spiro atoms. The molecule has 112 valence electrons. The fraction of sp³-hybridized carbons (Fsp3) is 0.571. The number of hydrogen-bond acceptors (Lipinski definition) is 3. The van der Waals surface area contributed by atoms with Crippen molar-refractivity contribution in [2.24, 2.45) is 5.92 Å². The van der Waals surface area contributed by atoms with Gasteiger partial charge in [0.15, 0.2) is 0 Å². The van der Waals surface area contributed by atoms with E-state index >= 15 is 0 Å². The third-order valence-corrected chi connectivity index (χ3v) is 4.66. The highest BCUT2D eigenvalue weighted by Crippen LogP contribution is 2.32. The Kier molecular flexibility index (Phi) is 4.81. The summed E-state index contributed by atoms with van der Waals surface area (Å²) in [5, 5.41) is 3.88. The van der Waals surface area contributed by atoms with E-state index in [4.69, 9.17) is 11.6 Å². The molecule has 2 atom stereocenters. The van der Waals surface area contributed by atoms with Crippen LogP contribution in [0.25, 0.3) is 0 Å². The molecule has 0 heterocycles. The molecule has 0 radical (unpaired) electrons. The van der Waals surface area contributed by atoms with Gasteiger partial charge in [-0.1, -0.05) is 24.9 Å². The molecule has 20 heavy (non-hydrogen) atoms. The summed E-state index contributed by atoms with van der Waals surface area (Å²) in [7, 11) is -3.30. The van der Waals surface area contributed by atoms with Gasteiger partial charge < -0.3 is 5.32 Å². The molecule has 1 saturated carbocycles. The summed E-state index contributed by atoms with van der Waals surface area (Å²) in [5.41, 5.74) is 1.35. The molecule has 2 unspecified atom stereocenters. The van der Waals surface area contributed by atoms with Gasteiger partial charge in [-0.3, -0.25) is 4.72 Å². The Morgan fingerprint density at radius 3 is 2.65 bits per heavy atom. The first-order valence-corrected chi connectivity index (χ1v) is 9.18. The molecule has 1 fully saturated rings. The van der Waals surface area contributed by atoms with Crippen molar-refractivity contribution in [3.05, 3.63) is 23.2 Å². The number of benzene rings is 1. The average molecular weight is 317 g/mol. The maximum Gasteiger partial charge on any atom is 0.229 e. The van der Waals surface area contributed by atoms with Crippen molar-refractivity contribution in [1.29, 1.82) is 0 Å². The van der Waals surface area contributed by atoms with Crippen molar-refractivity contribution < 1.29 is 8.42 Å². The van der Waals surface area contributed by atoms with Gasteiger partial charge in [-0.2, -0.15) is 0 Å². The monoisotopic (exact) mass is 316 g/mol. The Hall–Kier alpha value is -0.940. The number of rotatable bonds is 5. The van der Waals surface area contributed by atoms with Gasteiger partial charge >= 0.3 is 0 Å². The summed E-state index contributed by atoms with van der Waals surface area (Å²) in [5.74, 6) is 0.814. The molecule has 1 aromatic carbocycles. The highest BCUT2D eigenvalue weighted by Gasteiger charge is 2.23. The number of halogens is 1. The van der Waals surface area contributed by atoms with Gasteiger partial charge in [0.1, 0.15) is 0 Å². The molecule has 0 bridgehead atoms. The summed E-state index contributed by atoms with van der Waals surface area (Å²) in [6.07, 6.45) is 5.99. The Bertz CT molecular complexity index is 575. The van der Waals surface area contributed by atoms with Crippen LogP contribution in [0.5, 0.6) is 0 Å². The van der Waals surface area contributed by atoms with E-state index in [1.807, 2.05) is 6.07 Å². The number of hydrogen-bond donors (Lipinski definition) is 2. The predicted molar refractivity (Wildman–Crippen MR) is 85.0 cm³/mol. The van der Waals surface area contributed by atoms with E-state index in [9.17, 15) is 8.42 Å². The number of anilines is 2. The molecule has 6 heteroatoms. The van der Waals surface area contributed by atoms with Crippen molar-refractivity contribution in [2.45, 2.75) is 38.6 Å². The fourth-order valence-electron chi connectivity index (χ4n) is 2.70. The maximum absolute atomic E-state index is 11.2. The molecule has 1 aliphatic rings. The Balaban J connectivity index is 2.02. The molecule has 2 N–H and O–H groups in total. The smallest absolute Gasteiger partial charge is 0.229 e. The summed E-state index contributed by atoms with van der Waals surface area (Å²) in [6, 6.07) is 5.81. The van der Waals surface area contributed by atoms with E-state index in [2.05, 4.69) is 17.0 Å². The lowest BCUT2D eigenvalue weighted by Gasteiger charge is -2.15. The van der Waals surface area contributed by atoms with Gasteiger partial charge in [-0.15, -0.1) is 0 Å². The van der Waals surface area contributed by atoms with Crippen LogP contribution in [0.1, 0.15) is 32.6 Å². The van der Waals surface area contributed by atoms with Crippen LogP contribution < -0.4 is 10.0 Å². The minimum atomic E-state index is -3.30. The van der Waals surface area contributed by atoms with Gasteiger partial charge in [0.25, 0.3) is 0 Å². The zero-order valence-electron chi connectivity index (χ0n) is 11.8. The Labute approximate surface area is 126 Å². The van der Waals surface area contributed by atoms with Crippen molar-refractivity contribution in [2.75, 3.05) is 16.3 Å². The van der Waals surface area contributed by atoms with Crippen LogP contribution in [0.15, 0.2) is 18.2 Å². The molecule has 0 aliphatic heterocycles. The molecular formula is C14H21ClN2O2S. The molecule has 4 nitrogen and oxygen atoms in total. The Morgan fingerprint density at radius 2 is 2.10 bits per heavy atom. The second-order valence-electron chi connectivity index (χ2n) is 5.50. The topological polar surface area (TPSA) is 58.2 Å². The van der Waals surface area contributed by atoms with Crippen molar-refractivity contribution >= 4 is 33.0 Å². The summed E-state index contributed by atoms with van der Waals surface area (Å²) >= 11 is 6.11. The van der Waals surface area contributed by atoms with Crippen LogP contribution in [-0.2, 0) is 10.0 Å². The van der Waals surface area contributed by atoms with Crippen LogP contribution in [0, 0.1) is 5.92 Å². The Morgan fingerprint density at radius 1 is 1.35 bits per heavy atom. The molecule has 0 amide bonds. The molecule has 0 saturated heterocycles. The van der Waals surface area contributed by atoms with Crippen molar-refractivity contribution in [1.82, 2.24) is 0 Å². The lowest BCUT2D eigenvalue weighted by molar-refractivity contribution is 0.525. The molecule has 2 rings (SSSR count). The van der Waals surface area contributed by atoms with Crippen LogP contribution in [0.3, 0.4) is 0 Å². The van der Waals surface area contributed by atoms with Crippen LogP contribution in [0.2, 0.25) is 5.02 Å². The molecule has 1 aliphatic carbocycles. The van der Waals surface area contributed by atoms with E-state index < -0.39 is 10.0 Å². The van der Waals surface area contributed by atoms with Gasteiger partial charge in [-0.25, -0.2) is 8.42 Å². The van der Waals surface area contributed by atoms with Crippen molar-refractivity contribution in [3.8, 4) is 0 Å². The highest BCUT2D eigenvalue weighted by molar-refractivity contribution is 7.92. The van der Waals surface area contributed by atoms with E-state index in [1.54, 1.807) is 12.1 Å². The molecule has 0 aromatic heterocycles. The lowest BCUT2D eigenvalue weighted by atomic mass is 10.1. The molecular weight excluding hydrogens is 296 g/mol. The number of nitrogens with one attached hydrogen (secondary N) is 2. The van der Waals surface area contributed by atoms with Crippen LogP contribution in [0.4, 0.5) is 11.4 Å². The normalized spacial score (nSPS) is 22.8. The zero-order chi connectivity index (χ0) is 14.8. The first kappa shape index (κ1) is 15.4. The average Bonchev–Trinajstić information content (AvgIpc) is 2.79. The van der Waals surface area contributed by atoms with E-state index in [0.29, 0.717) is 16.8 Å². The fourth-order valence-corrected chi connectivity index (χ4v) is 3.56. The van der Waals surface area contributed by atoms with Gasteiger partial charge in [0.2, 0.25) is 10.0 Å². The second-order valence-corrected chi connectivity index (χ2v) is 7.65. The highest BCUT2D eigenvalue weighted by atomic mass is 35.5. The third-order valence-electron chi connectivity index (χ3n) is 3.75. The third kappa shape index (κ3) is 4.28. The standard InChI is InChI=1S/C14H21ClN2O2S/c1-3-10-4-5-11(8-10)16-12-6-7-14(13(15)9-12)17-20(2,18)19/h6-7,9-11,16-17H,3-5,8H2,1-2H3. The SMILES string of the molecule is CCC1CCC(Nc2ccc(NS(C)(=O)=O)c(Cl)c2)C1. The number of sulfonamides is 1. The van der Waals surface area contributed by atoms with Gasteiger partial charge in [0, 0.05) is 11.7 Å². The quantitative estimate of drug-likeness (QED) is 0.870. The summed E-state index contributed by atoms with van der Waals surface area (Å²) in [6.45, 7) is 2.23. The van der Waals surface area contributed by atoms with Gasteiger partial charge in [0.05, 0.1) is 17.0 Å². The maximum atomic E-state index is 11.2. The second kappa shape index (κ2) is 6.22. The largest absolute Gasteiger partial charge is 0.382 e. The van der Waals surface area contributed by atoms with Crippen LogP contribution in [-0.4, -0.2) is 20.7 Å². The minimum Gasteiger partial charge on any atom is -0.382 e. The van der Waals surface area contributed by atoms with Crippen molar-refractivity contribution in [3.63, 3.8) is 0 Å². The van der Waals surface area contributed by atoms with E-state index in [1.165, 1.54) is 25.7 Å². The minimum absolute atomic E-state index is 0.408. The predicted octanol–water partition coefficient (Wildman–Crippen LogP) is 3.70. The molecule has 1 aromatic rings. The van der Waals surface area contributed by atoms with E-state index in [-0.39, 0.29) is 0 Å². The van der Waals surface area contributed by atoms with Crippen LogP contribution >= 0.6 is 11.6 Å². The van der Waals surface area contributed by atoms with Gasteiger partial charge in [-0.05, 0) is 43.4 Å². The zero-order valence-corrected chi connectivity index (χ0v) is 13.4.